The summed E-state index contributed by atoms with van der Waals surface area (Å²) in [6, 6.07) is 6.69. The van der Waals surface area contributed by atoms with Crippen molar-refractivity contribution in [2.45, 2.75) is 89.6 Å². The van der Waals surface area contributed by atoms with Gasteiger partial charge in [-0.15, -0.1) is 0 Å². The minimum atomic E-state index is -0.310. The summed E-state index contributed by atoms with van der Waals surface area (Å²) in [5.41, 5.74) is 2.85. The number of hydrogen-bond acceptors (Lipinski definition) is 5. The monoisotopic (exact) mass is 840 g/mol. The molecule has 2 fully saturated rings. The molecule has 1 spiro atoms. The average molecular weight is 841 g/mol. The number of ether oxygens (including phenoxy) is 1. The van der Waals surface area contributed by atoms with E-state index in [1.54, 1.807) is 107 Å². The first-order chi connectivity index (χ1) is 19.0. The van der Waals surface area contributed by atoms with E-state index in [4.69, 9.17) is 36.4 Å². The SMILES string of the molecule is CC1(C)OC2(CCCC2)c2ccc(B3OC(C)(C)C(C)(C)O3)cc21.S=S=S=S=S=S=S=S=S=S=S=S=S=S=S=S. The van der Waals surface area contributed by atoms with Crippen LogP contribution in [-0.4, -0.2) is 18.3 Å². The van der Waals surface area contributed by atoms with Crippen LogP contribution in [0, 0.1) is 0 Å². The third-order valence-electron chi connectivity index (χ3n) is 6.93. The van der Waals surface area contributed by atoms with Crippen LogP contribution in [0.4, 0.5) is 0 Å². The normalized spacial score (nSPS) is 20.0. The molecular formula is C20H29BO3S16. The molecule has 2 heterocycles. The molecule has 0 radical (unpaired) electrons. The molecule has 0 bridgehead atoms. The van der Waals surface area contributed by atoms with Crippen molar-refractivity contribution in [1.82, 2.24) is 0 Å². The Morgan fingerprint density at radius 1 is 0.625 bits per heavy atom. The standard InChI is InChI=1S/C20H29BO3.S16/c1-17(2)16-13-14(21-23-18(3,4)19(5,6)24-21)9-10-15(16)20(22-17)11-7-8-12-20;1-3-5-7-9-11-13-15-16-14-12-10-8-6-4-2/h9-10,13H,7-8,11-12H2,1-6H3;. The summed E-state index contributed by atoms with van der Waals surface area (Å²) >= 11 is 9.46. The molecule has 0 atom stereocenters. The zero-order valence-corrected chi connectivity index (χ0v) is 35.5. The molecule has 0 unspecified atom stereocenters. The maximum Gasteiger partial charge on any atom is 0.494 e. The van der Waals surface area contributed by atoms with E-state index in [0.717, 1.165) is 18.3 Å². The first-order valence-electron chi connectivity index (χ1n) is 11.8. The fourth-order valence-electron chi connectivity index (χ4n) is 4.64. The van der Waals surface area contributed by atoms with Crippen LogP contribution in [-0.2, 0) is 172 Å². The van der Waals surface area contributed by atoms with Crippen molar-refractivity contribution >= 4 is 159 Å². The molecule has 3 aliphatic rings. The number of benzene rings is 1. The average Bonchev–Trinajstić information content (AvgIpc) is 3.52. The van der Waals surface area contributed by atoms with Gasteiger partial charge >= 0.3 is 7.12 Å². The van der Waals surface area contributed by atoms with Gasteiger partial charge in [0.2, 0.25) is 0 Å². The minimum Gasteiger partial charge on any atom is -0.399 e. The lowest BCUT2D eigenvalue weighted by Crippen LogP contribution is -2.41. The van der Waals surface area contributed by atoms with Crippen molar-refractivity contribution in [3.63, 3.8) is 0 Å². The summed E-state index contributed by atoms with van der Waals surface area (Å²) in [5, 5.41) is 0. The summed E-state index contributed by atoms with van der Waals surface area (Å²) in [5.74, 6) is 0. The van der Waals surface area contributed by atoms with Crippen LogP contribution in [0.1, 0.15) is 78.4 Å². The fraction of sp³-hybridized carbons (Fsp3) is 0.700. The molecule has 4 rings (SSSR count). The molecule has 0 N–H and O–H groups in total. The van der Waals surface area contributed by atoms with Crippen molar-refractivity contribution in [2.75, 3.05) is 0 Å². The van der Waals surface area contributed by atoms with Crippen LogP contribution >= 0.6 is 0 Å². The predicted octanol–water partition coefficient (Wildman–Crippen LogP) is 3.98. The van der Waals surface area contributed by atoms with Gasteiger partial charge in [0.25, 0.3) is 0 Å². The quantitative estimate of drug-likeness (QED) is 0.400. The molecule has 1 aromatic carbocycles. The lowest BCUT2D eigenvalue weighted by Gasteiger charge is -2.32. The molecule has 3 nitrogen and oxygen atoms in total. The van der Waals surface area contributed by atoms with Crippen LogP contribution in [0.5, 0.6) is 0 Å². The topological polar surface area (TPSA) is 27.7 Å². The fourth-order valence-corrected chi connectivity index (χ4v) is 37.6. The third kappa shape index (κ3) is 10.3. The minimum absolute atomic E-state index is 0.0622. The molecule has 226 valence electrons. The first kappa shape index (κ1) is 37.1. The van der Waals surface area contributed by atoms with Crippen molar-refractivity contribution in [3.05, 3.63) is 29.3 Å². The van der Waals surface area contributed by atoms with Gasteiger partial charge in [0.1, 0.15) is 0 Å². The van der Waals surface area contributed by atoms with Crippen molar-refractivity contribution in [3.8, 4) is 0 Å². The van der Waals surface area contributed by atoms with Crippen molar-refractivity contribution < 1.29 is 14.0 Å². The highest BCUT2D eigenvalue weighted by Crippen LogP contribution is 2.54. The molecule has 1 saturated heterocycles. The lowest BCUT2D eigenvalue weighted by atomic mass is 9.75. The molecule has 1 saturated carbocycles. The Balaban J connectivity index is 0.000000243. The highest BCUT2D eigenvalue weighted by atomic mass is 33.5. The van der Waals surface area contributed by atoms with E-state index >= 15 is 0 Å². The summed E-state index contributed by atoms with van der Waals surface area (Å²) in [4.78, 5) is 0. The van der Waals surface area contributed by atoms with E-state index in [9.17, 15) is 0 Å². The number of rotatable bonds is 1. The Kier molecular flexibility index (Phi) is 16.3. The van der Waals surface area contributed by atoms with Gasteiger partial charge in [-0.05, 0) is 71.0 Å². The van der Waals surface area contributed by atoms with E-state index in [1.807, 2.05) is 0 Å². The summed E-state index contributed by atoms with van der Waals surface area (Å²) in [6.07, 6.45) is 4.79. The molecule has 1 aliphatic carbocycles. The Bertz CT molecular complexity index is 1640. The van der Waals surface area contributed by atoms with Gasteiger partial charge in [0.05, 0.1) is 22.4 Å². The van der Waals surface area contributed by atoms with Gasteiger partial charge < -0.3 is 14.0 Å². The highest BCUT2D eigenvalue weighted by molar-refractivity contribution is 8.77. The zero-order chi connectivity index (χ0) is 29.3. The van der Waals surface area contributed by atoms with Gasteiger partial charge in [-0.25, -0.2) is 0 Å². The van der Waals surface area contributed by atoms with E-state index in [-0.39, 0.29) is 29.5 Å². The van der Waals surface area contributed by atoms with Crippen LogP contribution in [0.15, 0.2) is 18.2 Å². The van der Waals surface area contributed by atoms with E-state index < -0.39 is 0 Å². The molecular weight excluding hydrogens is 812 g/mol. The molecule has 1 aromatic rings. The molecule has 0 aromatic heterocycles. The van der Waals surface area contributed by atoms with Crippen molar-refractivity contribution in [2.24, 2.45) is 0 Å². The third-order valence-corrected chi connectivity index (χ3v) is 35.8. The van der Waals surface area contributed by atoms with Crippen LogP contribution in [0.25, 0.3) is 0 Å². The Morgan fingerprint density at radius 2 is 1.05 bits per heavy atom. The Labute approximate surface area is 288 Å². The maximum atomic E-state index is 6.59. The summed E-state index contributed by atoms with van der Waals surface area (Å²) in [7, 11) is 23.2. The van der Waals surface area contributed by atoms with Gasteiger partial charge in [0, 0.05) is 147 Å². The van der Waals surface area contributed by atoms with Gasteiger partial charge in [-0.2, -0.15) is 0 Å². The molecule has 40 heavy (non-hydrogen) atoms. The number of fused-ring (bicyclic) bond motifs is 2. The van der Waals surface area contributed by atoms with E-state index in [1.165, 1.54) is 41.7 Å². The molecule has 0 amide bonds. The second-order valence-corrected chi connectivity index (χ2v) is 34.9. The van der Waals surface area contributed by atoms with E-state index in [2.05, 4.69) is 59.7 Å². The van der Waals surface area contributed by atoms with E-state index in [0.29, 0.717) is 0 Å². The Hall–Kier alpha value is 2.68. The second-order valence-electron chi connectivity index (χ2n) is 10.2. The van der Waals surface area contributed by atoms with Gasteiger partial charge in [-0.3, -0.25) is 0 Å². The summed E-state index contributed by atoms with van der Waals surface area (Å²) in [6.45, 7) is 12.8. The van der Waals surface area contributed by atoms with Crippen LogP contribution < -0.4 is 5.46 Å². The number of hydrogen-bond donors (Lipinski definition) is 0. The van der Waals surface area contributed by atoms with Crippen LogP contribution in [0.2, 0.25) is 0 Å². The first-order valence-corrected chi connectivity index (χ1v) is 31.8. The van der Waals surface area contributed by atoms with Gasteiger partial charge in [-0.1, -0.05) is 31.0 Å². The highest BCUT2D eigenvalue weighted by Gasteiger charge is 2.54. The lowest BCUT2D eigenvalue weighted by molar-refractivity contribution is -0.122. The largest absolute Gasteiger partial charge is 0.494 e. The molecule has 20 heteroatoms. The zero-order valence-electron chi connectivity index (χ0n) is 22.4. The smallest absolute Gasteiger partial charge is 0.399 e. The molecule has 2 aliphatic heterocycles. The maximum absolute atomic E-state index is 6.59. The second kappa shape index (κ2) is 17.6. The summed E-state index contributed by atoms with van der Waals surface area (Å²) < 4.78 is 19.0. The predicted molar refractivity (Wildman–Crippen MR) is 214 cm³/mol. The van der Waals surface area contributed by atoms with Crippen LogP contribution in [0.3, 0.4) is 0 Å². The van der Waals surface area contributed by atoms with Crippen molar-refractivity contribution in [1.29, 1.82) is 0 Å². The van der Waals surface area contributed by atoms with Gasteiger partial charge in [0.15, 0.2) is 0 Å². The Morgan fingerprint density at radius 3 is 1.48 bits per heavy atom.